The molecule has 1 rings (SSSR count). The van der Waals surface area contributed by atoms with Gasteiger partial charge in [-0.15, -0.1) is 0 Å². The second-order valence-electron chi connectivity index (χ2n) is 4.56. The molecule has 0 bridgehead atoms. The molecule has 21 heavy (non-hydrogen) atoms. The molecule has 118 valence electrons. The number of nitrogens with one attached hydrogen (secondary N) is 1. The molecule has 0 saturated heterocycles. The molecule has 8 heteroatoms. The fourth-order valence-electron chi connectivity index (χ4n) is 1.93. The van der Waals surface area contributed by atoms with Crippen molar-refractivity contribution in [3.63, 3.8) is 0 Å². The highest BCUT2D eigenvalue weighted by molar-refractivity contribution is 7.86. The number of rotatable bonds is 9. The highest BCUT2D eigenvalue weighted by Crippen LogP contribution is 2.13. The number of pyridine rings is 1. The van der Waals surface area contributed by atoms with Gasteiger partial charge in [0.2, 0.25) is 0 Å². The van der Waals surface area contributed by atoms with Crippen LogP contribution in [0, 0.1) is 5.41 Å². The lowest BCUT2D eigenvalue weighted by Crippen LogP contribution is -2.44. The third-order valence-corrected chi connectivity index (χ3v) is 5.20. The third kappa shape index (κ3) is 5.07. The van der Waals surface area contributed by atoms with Crippen LogP contribution in [0.1, 0.15) is 25.8 Å². The monoisotopic (exact) mass is 313 g/mol. The molecule has 7 nitrogen and oxygen atoms in total. The van der Waals surface area contributed by atoms with Crippen LogP contribution < -0.4 is 5.73 Å². The molecule has 0 unspecified atom stereocenters. The maximum atomic E-state index is 12.6. The zero-order valence-corrected chi connectivity index (χ0v) is 13.3. The van der Waals surface area contributed by atoms with Gasteiger partial charge in [-0.1, -0.05) is 19.9 Å². The standard InChI is InChI=1S/C13H23N5O2S/c1-3-17(4-2)21(19,20)18(9-7-13(14)15)11-12-6-5-8-16-10-12/h5-6,8,10H,3-4,7,9,11H2,1-2H3,(H3,14,15). The van der Waals surface area contributed by atoms with E-state index in [-0.39, 0.29) is 25.3 Å². The molecule has 0 saturated carbocycles. The van der Waals surface area contributed by atoms with Crippen LogP contribution in [0.15, 0.2) is 24.5 Å². The Kier molecular flexibility index (Phi) is 6.73. The maximum absolute atomic E-state index is 12.6. The van der Waals surface area contributed by atoms with Crippen molar-refractivity contribution < 1.29 is 8.42 Å². The first-order valence-corrected chi connectivity index (χ1v) is 8.28. The van der Waals surface area contributed by atoms with Crippen LogP contribution in [0.2, 0.25) is 0 Å². The highest BCUT2D eigenvalue weighted by atomic mass is 32.2. The molecule has 0 aromatic carbocycles. The Bertz CT molecular complexity index is 543. The number of amidine groups is 1. The number of nitrogens with zero attached hydrogens (tertiary/aromatic N) is 3. The van der Waals surface area contributed by atoms with Gasteiger partial charge in [0.25, 0.3) is 10.2 Å². The van der Waals surface area contributed by atoms with Crippen LogP contribution in [-0.2, 0) is 16.8 Å². The Hall–Kier alpha value is -1.51. The molecule has 1 aromatic heterocycles. The summed E-state index contributed by atoms with van der Waals surface area (Å²) in [7, 11) is -3.57. The van der Waals surface area contributed by atoms with Crippen LogP contribution in [0.4, 0.5) is 0 Å². The largest absolute Gasteiger partial charge is 0.388 e. The van der Waals surface area contributed by atoms with Crippen LogP contribution in [0.25, 0.3) is 0 Å². The summed E-state index contributed by atoms with van der Waals surface area (Å²) in [6.07, 6.45) is 3.49. The zero-order chi connectivity index (χ0) is 15.9. The summed E-state index contributed by atoms with van der Waals surface area (Å²) in [5.74, 6) is -0.0269. The molecular formula is C13H23N5O2S. The van der Waals surface area contributed by atoms with Crippen LogP contribution >= 0.6 is 0 Å². The van der Waals surface area contributed by atoms with E-state index in [0.717, 1.165) is 5.56 Å². The summed E-state index contributed by atoms with van der Waals surface area (Å²) in [6.45, 7) is 4.82. The topological polar surface area (TPSA) is 103 Å². The lowest BCUT2D eigenvalue weighted by atomic mass is 10.3. The summed E-state index contributed by atoms with van der Waals surface area (Å²) >= 11 is 0. The van der Waals surface area contributed by atoms with Crippen molar-refractivity contribution >= 4 is 16.0 Å². The van der Waals surface area contributed by atoms with E-state index in [2.05, 4.69) is 4.98 Å². The van der Waals surface area contributed by atoms with Gasteiger partial charge in [-0.2, -0.15) is 17.0 Å². The lowest BCUT2D eigenvalue weighted by molar-refractivity contribution is 0.348. The van der Waals surface area contributed by atoms with Gasteiger partial charge in [-0.25, -0.2) is 0 Å². The van der Waals surface area contributed by atoms with E-state index >= 15 is 0 Å². The van der Waals surface area contributed by atoms with Crippen molar-refractivity contribution in [1.82, 2.24) is 13.6 Å². The van der Waals surface area contributed by atoms with Crippen molar-refractivity contribution in [3.05, 3.63) is 30.1 Å². The average molecular weight is 313 g/mol. The molecular weight excluding hydrogens is 290 g/mol. The molecule has 1 heterocycles. The minimum Gasteiger partial charge on any atom is -0.388 e. The van der Waals surface area contributed by atoms with Gasteiger partial charge in [0.15, 0.2) is 0 Å². The van der Waals surface area contributed by atoms with Crippen molar-refractivity contribution in [2.45, 2.75) is 26.8 Å². The summed E-state index contributed by atoms with van der Waals surface area (Å²) in [5, 5.41) is 7.30. The van der Waals surface area contributed by atoms with Gasteiger partial charge in [0.1, 0.15) is 0 Å². The number of hydrogen-bond acceptors (Lipinski definition) is 4. The highest BCUT2D eigenvalue weighted by Gasteiger charge is 2.27. The minimum atomic E-state index is -3.57. The number of aromatic nitrogens is 1. The second-order valence-corrected chi connectivity index (χ2v) is 6.49. The first-order chi connectivity index (χ1) is 9.91. The van der Waals surface area contributed by atoms with E-state index in [9.17, 15) is 8.42 Å². The fraction of sp³-hybridized carbons (Fsp3) is 0.538. The minimum absolute atomic E-state index is 0.0269. The quantitative estimate of drug-likeness (QED) is 0.519. The molecule has 0 aliphatic rings. The van der Waals surface area contributed by atoms with Crippen molar-refractivity contribution in [2.24, 2.45) is 5.73 Å². The summed E-state index contributed by atoms with van der Waals surface area (Å²) < 4.78 is 28.0. The van der Waals surface area contributed by atoms with Crippen LogP contribution in [0.3, 0.4) is 0 Å². The number of nitrogens with two attached hydrogens (primary N) is 1. The molecule has 0 radical (unpaired) electrons. The molecule has 0 aliphatic carbocycles. The van der Waals surface area contributed by atoms with E-state index < -0.39 is 10.2 Å². The summed E-state index contributed by atoms with van der Waals surface area (Å²) in [4.78, 5) is 4.00. The van der Waals surface area contributed by atoms with Gasteiger partial charge in [0.05, 0.1) is 5.84 Å². The Morgan fingerprint density at radius 2 is 2.00 bits per heavy atom. The first kappa shape index (κ1) is 17.5. The Morgan fingerprint density at radius 3 is 2.48 bits per heavy atom. The van der Waals surface area contributed by atoms with E-state index in [1.54, 1.807) is 32.3 Å². The van der Waals surface area contributed by atoms with Gasteiger partial charge in [-0.05, 0) is 11.6 Å². The van der Waals surface area contributed by atoms with Crippen LogP contribution in [-0.4, -0.2) is 47.5 Å². The van der Waals surface area contributed by atoms with E-state index in [1.807, 2.05) is 6.07 Å². The Balaban J connectivity index is 2.98. The van der Waals surface area contributed by atoms with Gasteiger partial charge < -0.3 is 5.73 Å². The van der Waals surface area contributed by atoms with Gasteiger partial charge >= 0.3 is 0 Å². The Labute approximate surface area is 126 Å². The Morgan fingerprint density at radius 1 is 1.33 bits per heavy atom. The second kappa shape index (κ2) is 8.06. The maximum Gasteiger partial charge on any atom is 0.282 e. The van der Waals surface area contributed by atoms with Crippen molar-refractivity contribution in [2.75, 3.05) is 19.6 Å². The fourth-order valence-corrected chi connectivity index (χ4v) is 3.54. The van der Waals surface area contributed by atoms with Gasteiger partial charge in [-0.3, -0.25) is 10.4 Å². The third-order valence-electron chi connectivity index (χ3n) is 3.07. The van der Waals surface area contributed by atoms with E-state index in [0.29, 0.717) is 13.1 Å². The van der Waals surface area contributed by atoms with Crippen molar-refractivity contribution in [1.29, 1.82) is 5.41 Å². The van der Waals surface area contributed by atoms with E-state index in [1.165, 1.54) is 8.61 Å². The van der Waals surface area contributed by atoms with Crippen LogP contribution in [0.5, 0.6) is 0 Å². The first-order valence-electron chi connectivity index (χ1n) is 6.88. The SMILES string of the molecule is CCN(CC)S(=O)(=O)N(CCC(=N)N)Cc1cccnc1. The van der Waals surface area contributed by atoms with Gasteiger partial charge in [0, 0.05) is 45.0 Å². The van der Waals surface area contributed by atoms with E-state index in [4.69, 9.17) is 11.1 Å². The predicted molar refractivity (Wildman–Crippen MR) is 83.0 cm³/mol. The van der Waals surface area contributed by atoms with Crippen molar-refractivity contribution in [3.8, 4) is 0 Å². The normalized spacial score (nSPS) is 12.0. The zero-order valence-electron chi connectivity index (χ0n) is 12.5. The average Bonchev–Trinajstić information content (AvgIpc) is 2.45. The molecule has 0 spiro atoms. The summed E-state index contributed by atoms with van der Waals surface area (Å²) in [5.41, 5.74) is 6.16. The molecule has 0 aliphatic heterocycles. The molecule has 1 aromatic rings. The molecule has 3 N–H and O–H groups in total. The summed E-state index contributed by atoms with van der Waals surface area (Å²) in [6, 6.07) is 3.59. The molecule has 0 fully saturated rings. The predicted octanol–water partition coefficient (Wildman–Crippen LogP) is 0.796. The molecule has 0 atom stereocenters. The number of hydrogen-bond donors (Lipinski definition) is 2. The molecule has 0 amide bonds. The lowest BCUT2D eigenvalue weighted by Gasteiger charge is -2.28. The smallest absolute Gasteiger partial charge is 0.282 e.